The zero-order valence-electron chi connectivity index (χ0n) is 11.7. The van der Waals surface area contributed by atoms with E-state index in [0.29, 0.717) is 6.04 Å². The summed E-state index contributed by atoms with van der Waals surface area (Å²) in [5, 5.41) is 3.58. The second-order valence-corrected chi connectivity index (χ2v) is 5.40. The summed E-state index contributed by atoms with van der Waals surface area (Å²) in [4.78, 5) is 0. The molecule has 0 aliphatic heterocycles. The van der Waals surface area contributed by atoms with Gasteiger partial charge in [0.05, 0.1) is 0 Å². The van der Waals surface area contributed by atoms with Gasteiger partial charge in [0.1, 0.15) is 0 Å². The topological polar surface area (TPSA) is 12.0 Å². The van der Waals surface area contributed by atoms with E-state index in [-0.39, 0.29) is 0 Å². The third kappa shape index (κ3) is 5.36. The fourth-order valence-electron chi connectivity index (χ4n) is 2.11. The summed E-state index contributed by atoms with van der Waals surface area (Å²) in [7, 11) is 0. The molecule has 1 heteroatoms. The normalized spacial score (nSPS) is 14.9. The van der Waals surface area contributed by atoms with Crippen molar-refractivity contribution in [1.82, 2.24) is 5.32 Å². The van der Waals surface area contributed by atoms with Crippen molar-refractivity contribution in [2.45, 2.75) is 46.6 Å². The van der Waals surface area contributed by atoms with Gasteiger partial charge in [-0.05, 0) is 30.4 Å². The minimum absolute atomic E-state index is 0.581. The van der Waals surface area contributed by atoms with Crippen LogP contribution >= 0.6 is 0 Å². The first-order valence-electron chi connectivity index (χ1n) is 6.90. The summed E-state index contributed by atoms with van der Waals surface area (Å²) >= 11 is 0. The molecule has 17 heavy (non-hydrogen) atoms. The molecule has 0 amide bonds. The van der Waals surface area contributed by atoms with Crippen LogP contribution in [0.25, 0.3) is 0 Å². The van der Waals surface area contributed by atoms with E-state index >= 15 is 0 Å². The van der Waals surface area contributed by atoms with Gasteiger partial charge in [-0.15, -0.1) is 0 Å². The molecule has 1 nitrogen and oxygen atoms in total. The van der Waals surface area contributed by atoms with Gasteiger partial charge >= 0.3 is 0 Å². The molecule has 0 heterocycles. The van der Waals surface area contributed by atoms with Crippen molar-refractivity contribution in [3.05, 3.63) is 35.9 Å². The Morgan fingerprint density at radius 1 is 1.06 bits per heavy atom. The first-order chi connectivity index (χ1) is 8.13. The van der Waals surface area contributed by atoms with Crippen molar-refractivity contribution >= 4 is 0 Å². The zero-order chi connectivity index (χ0) is 12.7. The van der Waals surface area contributed by atoms with Crippen molar-refractivity contribution in [3.63, 3.8) is 0 Å². The molecule has 0 aliphatic rings. The third-order valence-electron chi connectivity index (χ3n) is 3.58. The zero-order valence-corrected chi connectivity index (χ0v) is 11.7. The number of nitrogens with one attached hydrogen (secondary N) is 1. The van der Waals surface area contributed by atoms with E-state index in [1.165, 1.54) is 18.4 Å². The minimum Gasteiger partial charge on any atom is -0.314 e. The van der Waals surface area contributed by atoms with Crippen LogP contribution in [0.3, 0.4) is 0 Å². The molecule has 0 fully saturated rings. The molecule has 2 unspecified atom stereocenters. The molecule has 0 aliphatic carbocycles. The third-order valence-corrected chi connectivity index (χ3v) is 3.58. The maximum atomic E-state index is 3.58. The molecule has 1 aromatic rings. The molecule has 0 radical (unpaired) electrons. The molecule has 0 bridgehead atoms. The lowest BCUT2D eigenvalue weighted by Gasteiger charge is -2.24. The molecular weight excluding hydrogens is 206 g/mol. The largest absolute Gasteiger partial charge is 0.314 e. The molecule has 0 saturated carbocycles. The number of hydrogen-bond acceptors (Lipinski definition) is 1. The van der Waals surface area contributed by atoms with Gasteiger partial charge in [0.2, 0.25) is 0 Å². The molecule has 1 aromatic carbocycles. The Balaban J connectivity index is 2.57. The van der Waals surface area contributed by atoms with Crippen LogP contribution in [0.4, 0.5) is 0 Å². The molecule has 0 saturated heterocycles. The fourth-order valence-corrected chi connectivity index (χ4v) is 2.11. The molecule has 1 rings (SSSR count). The smallest absolute Gasteiger partial charge is 0.00104 e. The SMILES string of the molecule is CCC(C)C(CNC(C)C)Cc1ccccc1. The van der Waals surface area contributed by atoms with E-state index in [4.69, 9.17) is 0 Å². The minimum atomic E-state index is 0.581. The molecular formula is C16H27N. The Bertz CT molecular complexity index is 292. The van der Waals surface area contributed by atoms with Crippen LogP contribution in [0.15, 0.2) is 30.3 Å². The molecule has 96 valence electrons. The van der Waals surface area contributed by atoms with Crippen molar-refractivity contribution < 1.29 is 0 Å². The first kappa shape index (κ1) is 14.2. The first-order valence-corrected chi connectivity index (χ1v) is 6.90. The molecule has 1 N–H and O–H groups in total. The maximum Gasteiger partial charge on any atom is 0.00104 e. The molecule has 0 spiro atoms. The van der Waals surface area contributed by atoms with Gasteiger partial charge in [0.25, 0.3) is 0 Å². The van der Waals surface area contributed by atoms with Gasteiger partial charge in [-0.25, -0.2) is 0 Å². The van der Waals surface area contributed by atoms with Gasteiger partial charge in [-0.2, -0.15) is 0 Å². The summed E-state index contributed by atoms with van der Waals surface area (Å²) in [5.41, 5.74) is 1.46. The van der Waals surface area contributed by atoms with Gasteiger partial charge in [-0.1, -0.05) is 64.4 Å². The summed E-state index contributed by atoms with van der Waals surface area (Å²) in [6.07, 6.45) is 2.45. The highest BCUT2D eigenvalue weighted by molar-refractivity contribution is 5.15. The van der Waals surface area contributed by atoms with Crippen LogP contribution in [0.2, 0.25) is 0 Å². The van der Waals surface area contributed by atoms with Crippen LogP contribution < -0.4 is 5.32 Å². The molecule has 0 aromatic heterocycles. The van der Waals surface area contributed by atoms with E-state index in [9.17, 15) is 0 Å². The Labute approximate surface area is 107 Å². The lowest BCUT2D eigenvalue weighted by Crippen LogP contribution is -2.32. The Hall–Kier alpha value is -0.820. The summed E-state index contributed by atoms with van der Waals surface area (Å²) in [6, 6.07) is 11.4. The number of rotatable bonds is 7. The van der Waals surface area contributed by atoms with Crippen LogP contribution in [0, 0.1) is 11.8 Å². The maximum absolute atomic E-state index is 3.58. The van der Waals surface area contributed by atoms with Crippen LogP contribution in [0.5, 0.6) is 0 Å². The van der Waals surface area contributed by atoms with Crippen molar-refractivity contribution in [2.24, 2.45) is 11.8 Å². The Morgan fingerprint density at radius 2 is 1.71 bits per heavy atom. The van der Waals surface area contributed by atoms with Crippen LogP contribution in [-0.2, 0) is 6.42 Å². The van der Waals surface area contributed by atoms with E-state index in [0.717, 1.165) is 18.4 Å². The van der Waals surface area contributed by atoms with Crippen molar-refractivity contribution in [2.75, 3.05) is 6.54 Å². The predicted octanol–water partition coefficient (Wildman–Crippen LogP) is 3.89. The monoisotopic (exact) mass is 233 g/mol. The van der Waals surface area contributed by atoms with Gasteiger partial charge in [0, 0.05) is 6.04 Å². The van der Waals surface area contributed by atoms with Crippen LogP contribution in [-0.4, -0.2) is 12.6 Å². The van der Waals surface area contributed by atoms with Gasteiger partial charge in [-0.3, -0.25) is 0 Å². The summed E-state index contributed by atoms with van der Waals surface area (Å²) in [6.45, 7) is 10.2. The van der Waals surface area contributed by atoms with Gasteiger partial charge < -0.3 is 5.32 Å². The highest BCUT2D eigenvalue weighted by Crippen LogP contribution is 2.19. The standard InChI is InChI=1S/C16H27N/c1-5-14(4)16(12-17-13(2)3)11-15-9-7-6-8-10-15/h6-10,13-14,16-17H,5,11-12H2,1-4H3. The van der Waals surface area contributed by atoms with E-state index in [2.05, 4.69) is 63.3 Å². The second-order valence-electron chi connectivity index (χ2n) is 5.40. The van der Waals surface area contributed by atoms with E-state index in [1.807, 2.05) is 0 Å². The quantitative estimate of drug-likeness (QED) is 0.753. The Kier molecular flexibility index (Phi) is 6.28. The van der Waals surface area contributed by atoms with Crippen LogP contribution in [0.1, 0.15) is 39.7 Å². The fraction of sp³-hybridized carbons (Fsp3) is 0.625. The highest BCUT2D eigenvalue weighted by atomic mass is 14.9. The highest BCUT2D eigenvalue weighted by Gasteiger charge is 2.16. The van der Waals surface area contributed by atoms with Crippen molar-refractivity contribution in [1.29, 1.82) is 0 Å². The summed E-state index contributed by atoms with van der Waals surface area (Å²) < 4.78 is 0. The lowest BCUT2D eigenvalue weighted by atomic mass is 9.86. The summed E-state index contributed by atoms with van der Waals surface area (Å²) in [5.74, 6) is 1.52. The average Bonchev–Trinajstić information content (AvgIpc) is 2.34. The Morgan fingerprint density at radius 3 is 2.24 bits per heavy atom. The lowest BCUT2D eigenvalue weighted by molar-refractivity contribution is 0.320. The van der Waals surface area contributed by atoms with E-state index < -0.39 is 0 Å². The van der Waals surface area contributed by atoms with E-state index in [1.54, 1.807) is 0 Å². The molecule has 2 atom stereocenters. The number of hydrogen-bond donors (Lipinski definition) is 1. The second kappa shape index (κ2) is 7.50. The predicted molar refractivity (Wildman–Crippen MR) is 76.2 cm³/mol. The number of benzene rings is 1. The van der Waals surface area contributed by atoms with Gasteiger partial charge in [0.15, 0.2) is 0 Å². The van der Waals surface area contributed by atoms with Crippen molar-refractivity contribution in [3.8, 4) is 0 Å². The average molecular weight is 233 g/mol.